The lowest BCUT2D eigenvalue weighted by molar-refractivity contribution is 0.627. The van der Waals surface area contributed by atoms with Gasteiger partial charge in [-0.1, -0.05) is 39.0 Å². The normalized spacial score (nSPS) is 9.00. The van der Waals surface area contributed by atoms with Crippen LogP contribution in [0.15, 0.2) is 0 Å². The zero-order valence-corrected chi connectivity index (χ0v) is 9.80. The van der Waals surface area contributed by atoms with Crippen LogP contribution in [0.5, 0.6) is 0 Å². The standard InChI is InChI=1S/C8H19P.H3P/c1-2-3-4-5-6-7-8-9;/h2-9H2,1H3;1H3. The molecule has 0 aliphatic carbocycles. The third-order valence-electron chi connectivity index (χ3n) is 1.56. The molecular formula is C8H22P2. The quantitative estimate of drug-likeness (QED) is 0.434. The molecule has 0 aromatic heterocycles. The maximum Gasteiger partial charge on any atom is -0.0381 e. The number of hydrogen-bond donors (Lipinski definition) is 0. The average molecular weight is 180 g/mol. The first kappa shape index (κ1) is 13.4. The Morgan fingerprint density at radius 3 is 1.90 bits per heavy atom. The second-order valence-electron chi connectivity index (χ2n) is 2.56. The number of rotatable bonds is 6. The molecule has 0 fully saturated rings. The summed E-state index contributed by atoms with van der Waals surface area (Å²) in [6, 6.07) is 0. The van der Waals surface area contributed by atoms with Crippen molar-refractivity contribution < 1.29 is 0 Å². The molecule has 64 valence electrons. The summed E-state index contributed by atoms with van der Waals surface area (Å²) in [4.78, 5) is 0. The minimum Gasteiger partial charge on any atom is -0.153 e. The van der Waals surface area contributed by atoms with Gasteiger partial charge in [0.05, 0.1) is 0 Å². The van der Waals surface area contributed by atoms with Gasteiger partial charge in [0.1, 0.15) is 0 Å². The molecular weight excluding hydrogens is 158 g/mol. The van der Waals surface area contributed by atoms with Crippen LogP contribution in [-0.2, 0) is 0 Å². The molecule has 0 aromatic carbocycles. The van der Waals surface area contributed by atoms with Crippen molar-refractivity contribution in [1.82, 2.24) is 0 Å². The lowest BCUT2D eigenvalue weighted by atomic mass is 10.1. The van der Waals surface area contributed by atoms with Gasteiger partial charge in [-0.25, -0.2) is 0 Å². The Hall–Kier alpha value is 0.860. The second-order valence-corrected chi connectivity index (χ2v) is 3.13. The van der Waals surface area contributed by atoms with Crippen LogP contribution in [0.4, 0.5) is 0 Å². The van der Waals surface area contributed by atoms with Crippen LogP contribution in [-0.4, -0.2) is 6.16 Å². The predicted octanol–water partition coefficient (Wildman–Crippen LogP) is 3.28. The van der Waals surface area contributed by atoms with Crippen LogP contribution < -0.4 is 0 Å². The summed E-state index contributed by atoms with van der Waals surface area (Å²) in [5.41, 5.74) is 0. The Morgan fingerprint density at radius 2 is 1.40 bits per heavy atom. The fourth-order valence-electron chi connectivity index (χ4n) is 0.925. The molecule has 0 heterocycles. The third-order valence-corrected chi connectivity index (χ3v) is 1.97. The van der Waals surface area contributed by atoms with Crippen LogP contribution in [0.2, 0.25) is 0 Å². The van der Waals surface area contributed by atoms with E-state index in [1.165, 1.54) is 44.7 Å². The van der Waals surface area contributed by atoms with Crippen molar-refractivity contribution in [2.75, 3.05) is 6.16 Å². The Balaban J connectivity index is 0. The van der Waals surface area contributed by atoms with Crippen LogP contribution in [0.1, 0.15) is 45.4 Å². The predicted molar refractivity (Wildman–Crippen MR) is 59.1 cm³/mol. The molecule has 0 saturated carbocycles. The van der Waals surface area contributed by atoms with Crippen molar-refractivity contribution >= 4 is 19.1 Å². The van der Waals surface area contributed by atoms with Gasteiger partial charge in [0.15, 0.2) is 0 Å². The topological polar surface area (TPSA) is 0 Å². The fraction of sp³-hybridized carbons (Fsp3) is 1.00. The van der Waals surface area contributed by atoms with E-state index in [9.17, 15) is 0 Å². The van der Waals surface area contributed by atoms with Gasteiger partial charge in [0.25, 0.3) is 0 Å². The molecule has 0 amide bonds. The Morgan fingerprint density at radius 1 is 0.900 bits per heavy atom. The fourth-order valence-corrected chi connectivity index (χ4v) is 1.21. The first-order valence-electron chi connectivity index (χ1n) is 4.12. The number of hydrogen-bond acceptors (Lipinski definition) is 0. The summed E-state index contributed by atoms with van der Waals surface area (Å²) in [6.07, 6.45) is 9.80. The van der Waals surface area contributed by atoms with Gasteiger partial charge in [-0.05, 0) is 12.6 Å². The Kier molecular flexibility index (Phi) is 16.9. The Labute approximate surface area is 71.4 Å². The highest BCUT2D eigenvalue weighted by Gasteiger charge is 1.85. The van der Waals surface area contributed by atoms with Gasteiger partial charge in [-0.2, -0.15) is 9.90 Å². The van der Waals surface area contributed by atoms with E-state index in [0.29, 0.717) is 0 Å². The van der Waals surface area contributed by atoms with Gasteiger partial charge in [0, 0.05) is 0 Å². The summed E-state index contributed by atoms with van der Waals surface area (Å²) in [7, 11) is 2.78. The lowest BCUT2D eigenvalue weighted by Gasteiger charge is -1.96. The minimum absolute atomic E-state index is 0. The monoisotopic (exact) mass is 180 g/mol. The van der Waals surface area contributed by atoms with E-state index >= 15 is 0 Å². The molecule has 10 heavy (non-hydrogen) atoms. The molecule has 0 bridgehead atoms. The lowest BCUT2D eigenvalue weighted by Crippen LogP contribution is -1.78. The molecule has 0 N–H and O–H groups in total. The molecule has 0 rings (SSSR count). The average Bonchev–Trinajstić information content (AvgIpc) is 1.89. The minimum atomic E-state index is 0. The van der Waals surface area contributed by atoms with Gasteiger partial charge in [-0.3, -0.25) is 0 Å². The van der Waals surface area contributed by atoms with E-state index in [1.54, 1.807) is 0 Å². The SMILES string of the molecule is CCCCCCCCP.P. The van der Waals surface area contributed by atoms with Crippen molar-refractivity contribution in [2.24, 2.45) is 0 Å². The molecule has 0 aliphatic heterocycles. The van der Waals surface area contributed by atoms with Crippen LogP contribution >= 0.6 is 19.1 Å². The molecule has 2 atom stereocenters. The van der Waals surface area contributed by atoms with E-state index in [4.69, 9.17) is 0 Å². The molecule has 0 aromatic rings. The van der Waals surface area contributed by atoms with Crippen molar-refractivity contribution in [3.63, 3.8) is 0 Å². The first-order chi connectivity index (χ1) is 4.41. The van der Waals surface area contributed by atoms with Gasteiger partial charge in [0.2, 0.25) is 0 Å². The third kappa shape index (κ3) is 11.6. The molecule has 2 heteroatoms. The van der Waals surface area contributed by atoms with Crippen molar-refractivity contribution in [2.45, 2.75) is 45.4 Å². The van der Waals surface area contributed by atoms with Crippen molar-refractivity contribution in [3.8, 4) is 0 Å². The van der Waals surface area contributed by atoms with Gasteiger partial charge < -0.3 is 0 Å². The van der Waals surface area contributed by atoms with Crippen molar-refractivity contribution in [1.29, 1.82) is 0 Å². The van der Waals surface area contributed by atoms with E-state index in [0.717, 1.165) is 0 Å². The summed E-state index contributed by atoms with van der Waals surface area (Å²) in [5.74, 6) is 0. The zero-order valence-electron chi connectivity index (χ0n) is 7.23. The molecule has 2 unspecified atom stereocenters. The van der Waals surface area contributed by atoms with E-state index in [-0.39, 0.29) is 9.90 Å². The van der Waals surface area contributed by atoms with E-state index in [1.807, 2.05) is 0 Å². The molecule has 0 spiro atoms. The highest BCUT2D eigenvalue weighted by atomic mass is 31.0. The summed E-state index contributed by atoms with van der Waals surface area (Å²) < 4.78 is 0. The van der Waals surface area contributed by atoms with Crippen molar-refractivity contribution in [3.05, 3.63) is 0 Å². The highest BCUT2D eigenvalue weighted by Crippen LogP contribution is 2.05. The van der Waals surface area contributed by atoms with Crippen LogP contribution in [0.25, 0.3) is 0 Å². The molecule has 0 saturated heterocycles. The first-order valence-corrected chi connectivity index (χ1v) is 4.93. The van der Waals surface area contributed by atoms with Crippen LogP contribution in [0, 0.1) is 0 Å². The second kappa shape index (κ2) is 12.5. The summed E-state index contributed by atoms with van der Waals surface area (Å²) in [5, 5.41) is 0. The van der Waals surface area contributed by atoms with Gasteiger partial charge >= 0.3 is 0 Å². The number of unbranched alkanes of at least 4 members (excludes halogenated alkanes) is 5. The van der Waals surface area contributed by atoms with Gasteiger partial charge in [-0.15, -0.1) is 9.24 Å². The molecule has 0 nitrogen and oxygen atoms in total. The maximum absolute atomic E-state index is 2.78. The largest absolute Gasteiger partial charge is 0.153 e. The summed E-state index contributed by atoms with van der Waals surface area (Å²) >= 11 is 0. The molecule has 0 radical (unpaired) electrons. The zero-order chi connectivity index (χ0) is 6.95. The molecule has 0 aliphatic rings. The van der Waals surface area contributed by atoms with E-state index < -0.39 is 0 Å². The smallest absolute Gasteiger partial charge is 0.0381 e. The van der Waals surface area contributed by atoms with E-state index in [2.05, 4.69) is 16.2 Å². The Bertz CT molecular complexity index is 40.5. The summed E-state index contributed by atoms with van der Waals surface area (Å²) in [6.45, 7) is 2.26. The van der Waals surface area contributed by atoms with Crippen LogP contribution in [0.3, 0.4) is 0 Å². The highest BCUT2D eigenvalue weighted by molar-refractivity contribution is 7.16. The maximum atomic E-state index is 2.78.